The molecule has 184 valence electrons. The number of nitrogens with zero attached hydrogens (tertiary/aromatic N) is 1. The van der Waals surface area contributed by atoms with Gasteiger partial charge in [0.05, 0.1) is 17.3 Å². The van der Waals surface area contributed by atoms with Gasteiger partial charge in [0.2, 0.25) is 5.91 Å². The first-order valence-corrected chi connectivity index (χ1v) is 14.0. The number of nitrogens with one attached hydrogen (secondary N) is 1. The Morgan fingerprint density at radius 1 is 1.03 bits per heavy atom. The van der Waals surface area contributed by atoms with Gasteiger partial charge in [-0.2, -0.15) is 0 Å². The second-order valence-corrected chi connectivity index (χ2v) is 12.1. The Morgan fingerprint density at radius 3 is 2.34 bits per heavy atom. The molecule has 0 saturated carbocycles. The third-order valence-corrected chi connectivity index (χ3v) is 8.36. The van der Waals surface area contributed by atoms with Crippen molar-refractivity contribution in [3.05, 3.63) is 83.9 Å². The number of hydrogen-bond donors (Lipinski definition) is 1. The Bertz CT molecular complexity index is 1300. The third kappa shape index (κ3) is 5.65. The highest BCUT2D eigenvalue weighted by Gasteiger charge is 2.34. The number of benzene rings is 3. The molecular weight excluding hydrogens is 480 g/mol. The molecule has 0 aromatic heterocycles. The molecule has 0 spiro atoms. The summed E-state index contributed by atoms with van der Waals surface area (Å²) >= 11 is 1.52. The Labute approximate surface area is 211 Å². The average Bonchev–Trinajstić information content (AvgIpc) is 3.20. The number of carbonyl (C=O) groups is 1. The van der Waals surface area contributed by atoms with Crippen LogP contribution in [0.5, 0.6) is 5.75 Å². The van der Waals surface area contributed by atoms with Gasteiger partial charge in [-0.15, -0.1) is 11.8 Å². The SMILES string of the molecule is CCOc1ccc(N2C(=O)CSC2c2cccc(NS(=O)(=O)c3ccc(C(C)(C)C)cc3)c2)cc1. The summed E-state index contributed by atoms with van der Waals surface area (Å²) in [5.74, 6) is 1.11. The van der Waals surface area contributed by atoms with E-state index in [-0.39, 0.29) is 21.6 Å². The molecule has 0 aliphatic carbocycles. The molecule has 0 radical (unpaired) electrons. The normalized spacial score (nSPS) is 16.4. The van der Waals surface area contributed by atoms with E-state index in [0.717, 1.165) is 22.6 Å². The molecule has 0 bridgehead atoms. The molecular formula is C27H30N2O4S2. The molecule has 4 rings (SSSR count). The number of anilines is 2. The summed E-state index contributed by atoms with van der Waals surface area (Å²) in [7, 11) is -3.75. The van der Waals surface area contributed by atoms with Gasteiger partial charge in [0, 0.05) is 11.4 Å². The fourth-order valence-corrected chi connectivity index (χ4v) is 6.14. The first kappa shape index (κ1) is 25.1. The lowest BCUT2D eigenvalue weighted by molar-refractivity contribution is -0.115. The van der Waals surface area contributed by atoms with Crippen molar-refractivity contribution >= 4 is 39.1 Å². The number of hydrogen-bond acceptors (Lipinski definition) is 5. The van der Waals surface area contributed by atoms with Crippen LogP contribution in [0.15, 0.2) is 77.7 Å². The highest BCUT2D eigenvalue weighted by atomic mass is 32.2. The van der Waals surface area contributed by atoms with Crippen LogP contribution in [0.4, 0.5) is 11.4 Å². The zero-order valence-corrected chi connectivity index (χ0v) is 21.9. The van der Waals surface area contributed by atoms with Gasteiger partial charge in [0.1, 0.15) is 11.1 Å². The Balaban J connectivity index is 1.56. The number of rotatable bonds is 7. The van der Waals surface area contributed by atoms with E-state index < -0.39 is 10.0 Å². The van der Waals surface area contributed by atoms with E-state index in [2.05, 4.69) is 25.5 Å². The topological polar surface area (TPSA) is 75.7 Å². The van der Waals surface area contributed by atoms with Gasteiger partial charge in [-0.05, 0) is 72.0 Å². The van der Waals surface area contributed by atoms with Gasteiger partial charge in [-0.1, -0.05) is 45.0 Å². The quantitative estimate of drug-likeness (QED) is 0.424. The van der Waals surface area contributed by atoms with Gasteiger partial charge in [0.25, 0.3) is 10.0 Å². The van der Waals surface area contributed by atoms with Crippen molar-refractivity contribution < 1.29 is 17.9 Å². The third-order valence-electron chi connectivity index (χ3n) is 5.75. The summed E-state index contributed by atoms with van der Waals surface area (Å²) in [5, 5.41) is -0.254. The fraction of sp³-hybridized carbons (Fsp3) is 0.296. The molecule has 8 heteroatoms. The zero-order valence-electron chi connectivity index (χ0n) is 20.3. The standard InChI is InChI=1S/C27H30N2O4S2/c1-5-33-23-13-11-22(12-14-23)29-25(30)18-34-26(29)19-7-6-8-21(17-19)28-35(31,32)24-15-9-20(10-16-24)27(2,3)4/h6-17,26,28H,5,18H2,1-4H3. The smallest absolute Gasteiger partial charge is 0.261 e. The number of thioether (sulfide) groups is 1. The number of amides is 1. The van der Waals surface area contributed by atoms with Crippen LogP contribution in [-0.4, -0.2) is 26.7 Å². The zero-order chi connectivity index (χ0) is 25.2. The van der Waals surface area contributed by atoms with Gasteiger partial charge in [-0.3, -0.25) is 14.4 Å². The van der Waals surface area contributed by atoms with Crippen LogP contribution < -0.4 is 14.4 Å². The van der Waals surface area contributed by atoms with Gasteiger partial charge >= 0.3 is 0 Å². The minimum Gasteiger partial charge on any atom is -0.494 e. The van der Waals surface area contributed by atoms with Crippen LogP contribution in [0.2, 0.25) is 0 Å². The summed E-state index contributed by atoms with van der Waals surface area (Å²) in [4.78, 5) is 14.7. The fourth-order valence-electron chi connectivity index (χ4n) is 3.92. The monoisotopic (exact) mass is 510 g/mol. The predicted molar refractivity (Wildman–Crippen MR) is 143 cm³/mol. The van der Waals surface area contributed by atoms with Crippen molar-refractivity contribution in [2.75, 3.05) is 22.0 Å². The lowest BCUT2D eigenvalue weighted by atomic mass is 9.87. The number of carbonyl (C=O) groups excluding carboxylic acids is 1. The van der Waals surface area contributed by atoms with E-state index in [9.17, 15) is 13.2 Å². The van der Waals surface area contributed by atoms with Crippen molar-refractivity contribution in [3.63, 3.8) is 0 Å². The van der Waals surface area contributed by atoms with Crippen LogP contribution in [0.1, 0.15) is 44.2 Å². The molecule has 3 aromatic carbocycles. The van der Waals surface area contributed by atoms with Crippen LogP contribution in [0, 0.1) is 0 Å². The summed E-state index contributed by atoms with van der Waals surface area (Å²) in [6.45, 7) is 8.75. The highest BCUT2D eigenvalue weighted by molar-refractivity contribution is 8.00. The largest absolute Gasteiger partial charge is 0.494 e. The van der Waals surface area contributed by atoms with Crippen molar-refractivity contribution in [2.24, 2.45) is 0 Å². The van der Waals surface area contributed by atoms with Crippen molar-refractivity contribution in [3.8, 4) is 5.75 Å². The van der Waals surface area contributed by atoms with E-state index in [1.165, 1.54) is 11.8 Å². The van der Waals surface area contributed by atoms with Crippen molar-refractivity contribution in [2.45, 2.75) is 43.4 Å². The van der Waals surface area contributed by atoms with Crippen LogP contribution in [0.3, 0.4) is 0 Å². The van der Waals surface area contributed by atoms with E-state index in [4.69, 9.17) is 4.74 Å². The minimum absolute atomic E-state index is 0.00841. The van der Waals surface area contributed by atoms with Gasteiger partial charge in [-0.25, -0.2) is 8.42 Å². The average molecular weight is 511 g/mol. The van der Waals surface area contributed by atoms with Gasteiger partial charge < -0.3 is 4.74 Å². The molecule has 3 aromatic rings. The van der Waals surface area contributed by atoms with Gasteiger partial charge in [0.15, 0.2) is 0 Å². The van der Waals surface area contributed by atoms with E-state index in [1.54, 1.807) is 35.2 Å². The molecule has 1 fully saturated rings. The molecule has 35 heavy (non-hydrogen) atoms. The van der Waals surface area contributed by atoms with Crippen LogP contribution in [-0.2, 0) is 20.2 Å². The lowest BCUT2D eigenvalue weighted by Gasteiger charge is -2.25. The highest BCUT2D eigenvalue weighted by Crippen LogP contribution is 2.42. The molecule has 1 aliphatic rings. The Kier molecular flexibility index (Phi) is 7.15. The molecule has 6 nitrogen and oxygen atoms in total. The first-order valence-electron chi connectivity index (χ1n) is 11.5. The predicted octanol–water partition coefficient (Wildman–Crippen LogP) is 5.96. The van der Waals surface area contributed by atoms with Crippen molar-refractivity contribution in [1.29, 1.82) is 0 Å². The Morgan fingerprint density at radius 2 is 1.71 bits per heavy atom. The summed E-state index contributed by atoms with van der Waals surface area (Å²) in [5.41, 5.74) is 3.08. The van der Waals surface area contributed by atoms with E-state index >= 15 is 0 Å². The summed E-state index contributed by atoms with van der Waals surface area (Å²) in [6, 6.07) is 21.6. The molecule has 1 heterocycles. The first-order chi connectivity index (χ1) is 16.6. The molecule has 1 atom stereocenters. The van der Waals surface area contributed by atoms with Crippen LogP contribution in [0.25, 0.3) is 0 Å². The van der Waals surface area contributed by atoms with E-state index in [1.807, 2.05) is 49.4 Å². The Hall–Kier alpha value is -2.97. The molecule has 1 aliphatic heterocycles. The van der Waals surface area contributed by atoms with E-state index in [0.29, 0.717) is 18.0 Å². The maximum Gasteiger partial charge on any atom is 0.261 e. The number of sulfonamides is 1. The molecule has 1 N–H and O–H groups in total. The van der Waals surface area contributed by atoms with Crippen molar-refractivity contribution in [1.82, 2.24) is 0 Å². The molecule has 1 unspecified atom stereocenters. The lowest BCUT2D eigenvalue weighted by Crippen LogP contribution is -2.27. The maximum absolute atomic E-state index is 13.0. The minimum atomic E-state index is -3.75. The number of ether oxygens (including phenoxy) is 1. The molecule has 1 amide bonds. The second kappa shape index (κ2) is 9.95. The summed E-state index contributed by atoms with van der Waals surface area (Å²) in [6.07, 6.45) is 0. The second-order valence-electron chi connectivity index (χ2n) is 9.36. The molecule has 1 saturated heterocycles. The summed E-state index contributed by atoms with van der Waals surface area (Å²) < 4.78 is 34.2. The van der Waals surface area contributed by atoms with Crippen LogP contribution >= 0.6 is 11.8 Å². The maximum atomic E-state index is 13.0.